The molecule has 1 unspecified atom stereocenters. The van der Waals surface area contributed by atoms with Crippen LogP contribution < -0.4 is 10.6 Å². The lowest BCUT2D eigenvalue weighted by atomic mass is 9.93. The number of pyridine rings is 1. The lowest BCUT2D eigenvalue weighted by Gasteiger charge is -2.35. The summed E-state index contributed by atoms with van der Waals surface area (Å²) in [4.78, 5) is 23.6. The molecule has 0 saturated heterocycles. The van der Waals surface area contributed by atoms with Gasteiger partial charge in [0, 0.05) is 33.6 Å². The Hall–Kier alpha value is -3.39. The molecule has 34 heavy (non-hydrogen) atoms. The third kappa shape index (κ3) is 3.92. The van der Waals surface area contributed by atoms with E-state index >= 15 is 0 Å². The van der Waals surface area contributed by atoms with Gasteiger partial charge in [-0.15, -0.1) is 0 Å². The molecule has 1 atom stereocenters. The van der Waals surface area contributed by atoms with Crippen LogP contribution in [-0.4, -0.2) is 26.9 Å². The van der Waals surface area contributed by atoms with Gasteiger partial charge < -0.3 is 5.73 Å². The van der Waals surface area contributed by atoms with Gasteiger partial charge in [0.25, 0.3) is 0 Å². The Morgan fingerprint density at radius 3 is 2.53 bits per heavy atom. The standard InChI is InChI=1S/C24H17Cl3N6O/c1-12-20(23(28)34)21(13-2-4-15(25)5-3-13)30-24(14-8-9-29-19(26)10-14)33(12)16-6-7-18-17(11-16)22(27)32-31-18/h2-11,21H,1H3,(H2,28,34)(H,31,32). The molecule has 2 aromatic carbocycles. The van der Waals surface area contributed by atoms with Crippen LogP contribution in [0.4, 0.5) is 5.69 Å². The zero-order chi connectivity index (χ0) is 24.0. The Balaban J connectivity index is 1.76. The van der Waals surface area contributed by atoms with Crippen molar-refractivity contribution in [2.45, 2.75) is 13.0 Å². The van der Waals surface area contributed by atoms with Gasteiger partial charge >= 0.3 is 0 Å². The highest BCUT2D eigenvalue weighted by atomic mass is 35.5. The van der Waals surface area contributed by atoms with E-state index in [0.29, 0.717) is 38.0 Å². The topological polar surface area (TPSA) is 100 Å². The third-order valence-corrected chi connectivity index (χ3v) is 6.39. The number of carbonyl (C=O) groups is 1. The Bertz CT molecular complexity index is 1490. The van der Waals surface area contributed by atoms with Gasteiger partial charge in [-0.05, 0) is 55.0 Å². The number of primary amides is 1. The Morgan fingerprint density at radius 2 is 1.82 bits per heavy atom. The summed E-state index contributed by atoms with van der Waals surface area (Å²) in [6.45, 7) is 1.83. The minimum atomic E-state index is -0.630. The van der Waals surface area contributed by atoms with E-state index in [4.69, 9.17) is 45.5 Å². The number of H-pyrrole nitrogens is 1. The fraction of sp³-hybridized carbons (Fsp3) is 0.0833. The zero-order valence-electron chi connectivity index (χ0n) is 17.8. The second-order valence-electron chi connectivity index (χ2n) is 7.71. The quantitative estimate of drug-likeness (QED) is 0.344. The molecular weight excluding hydrogens is 495 g/mol. The minimum absolute atomic E-state index is 0.318. The van der Waals surface area contributed by atoms with Crippen LogP contribution in [0.1, 0.15) is 24.1 Å². The maximum atomic E-state index is 12.7. The molecule has 0 saturated carbocycles. The number of rotatable bonds is 4. The van der Waals surface area contributed by atoms with Crippen molar-refractivity contribution in [2.24, 2.45) is 10.7 Å². The molecule has 0 spiro atoms. The van der Waals surface area contributed by atoms with Crippen molar-refractivity contribution in [3.8, 4) is 0 Å². The number of allylic oxidation sites excluding steroid dienone is 1. The number of amides is 1. The number of anilines is 1. The summed E-state index contributed by atoms with van der Waals surface area (Å²) in [7, 11) is 0. The number of aromatic nitrogens is 3. The van der Waals surface area contributed by atoms with Crippen LogP contribution >= 0.6 is 34.8 Å². The van der Waals surface area contributed by atoms with E-state index in [0.717, 1.165) is 22.2 Å². The van der Waals surface area contributed by atoms with Crippen LogP contribution in [0.5, 0.6) is 0 Å². The molecule has 1 aliphatic rings. The highest BCUT2D eigenvalue weighted by Crippen LogP contribution is 2.39. The maximum Gasteiger partial charge on any atom is 0.248 e. The van der Waals surface area contributed by atoms with Crippen LogP contribution in [0.25, 0.3) is 10.9 Å². The van der Waals surface area contributed by atoms with Gasteiger partial charge in [0.1, 0.15) is 22.2 Å². The van der Waals surface area contributed by atoms with Crippen molar-refractivity contribution in [3.63, 3.8) is 0 Å². The predicted octanol–water partition coefficient (Wildman–Crippen LogP) is 5.69. The van der Waals surface area contributed by atoms with Gasteiger partial charge in [0.05, 0.1) is 11.1 Å². The van der Waals surface area contributed by atoms with Crippen molar-refractivity contribution in [1.29, 1.82) is 0 Å². The molecule has 5 rings (SSSR count). The maximum absolute atomic E-state index is 12.7. The zero-order valence-corrected chi connectivity index (χ0v) is 20.0. The summed E-state index contributed by atoms with van der Waals surface area (Å²) in [6.07, 6.45) is 1.61. The number of nitrogens with two attached hydrogens (primary N) is 1. The average molecular weight is 512 g/mol. The highest BCUT2D eigenvalue weighted by Gasteiger charge is 2.34. The number of nitrogens with one attached hydrogen (secondary N) is 1. The molecule has 0 radical (unpaired) electrons. The van der Waals surface area contributed by atoms with E-state index in [-0.39, 0.29) is 0 Å². The second-order valence-corrected chi connectivity index (χ2v) is 8.91. The largest absolute Gasteiger partial charge is 0.366 e. The first-order valence-electron chi connectivity index (χ1n) is 10.2. The van der Waals surface area contributed by atoms with E-state index < -0.39 is 11.9 Å². The summed E-state index contributed by atoms with van der Waals surface area (Å²) >= 11 is 18.6. The van der Waals surface area contributed by atoms with Crippen molar-refractivity contribution in [3.05, 3.63) is 98.5 Å². The molecule has 7 nitrogen and oxygen atoms in total. The Kier molecular flexibility index (Phi) is 5.77. The summed E-state index contributed by atoms with van der Waals surface area (Å²) in [5.41, 5.74) is 9.82. The van der Waals surface area contributed by atoms with E-state index in [1.807, 2.05) is 48.2 Å². The summed E-state index contributed by atoms with van der Waals surface area (Å²) in [6, 6.07) is 15.7. The van der Waals surface area contributed by atoms with Gasteiger partial charge in [0.15, 0.2) is 0 Å². The molecule has 170 valence electrons. The molecule has 0 fully saturated rings. The van der Waals surface area contributed by atoms with Crippen LogP contribution in [0, 0.1) is 0 Å². The molecule has 3 heterocycles. The van der Waals surface area contributed by atoms with E-state index in [9.17, 15) is 4.79 Å². The Morgan fingerprint density at radius 1 is 1.06 bits per heavy atom. The first-order valence-corrected chi connectivity index (χ1v) is 11.4. The number of fused-ring (bicyclic) bond motifs is 1. The van der Waals surface area contributed by atoms with Gasteiger partial charge in [-0.25, -0.2) is 4.98 Å². The van der Waals surface area contributed by atoms with Crippen molar-refractivity contribution >= 4 is 63.1 Å². The second kappa shape index (κ2) is 8.76. The highest BCUT2D eigenvalue weighted by molar-refractivity contribution is 6.34. The number of hydrogen-bond acceptors (Lipinski definition) is 5. The molecule has 3 N–H and O–H groups in total. The van der Waals surface area contributed by atoms with E-state index in [1.54, 1.807) is 24.4 Å². The molecular formula is C24H17Cl3N6O. The summed E-state index contributed by atoms with van der Waals surface area (Å²) in [5, 5.41) is 9.01. The number of benzene rings is 2. The van der Waals surface area contributed by atoms with E-state index in [1.165, 1.54) is 0 Å². The molecule has 10 heteroatoms. The number of hydrogen-bond donors (Lipinski definition) is 2. The van der Waals surface area contributed by atoms with Crippen LogP contribution in [0.15, 0.2) is 77.1 Å². The molecule has 0 aliphatic carbocycles. The fourth-order valence-corrected chi connectivity index (χ4v) is 4.58. The first kappa shape index (κ1) is 22.4. The van der Waals surface area contributed by atoms with Gasteiger partial charge in [0.2, 0.25) is 5.91 Å². The Labute approximate surface area is 209 Å². The number of amidine groups is 1. The van der Waals surface area contributed by atoms with Crippen LogP contribution in [0.3, 0.4) is 0 Å². The minimum Gasteiger partial charge on any atom is -0.366 e. The molecule has 2 aromatic heterocycles. The number of aromatic amines is 1. The average Bonchev–Trinajstić information content (AvgIpc) is 3.18. The molecule has 4 aromatic rings. The van der Waals surface area contributed by atoms with Crippen molar-refractivity contribution in [1.82, 2.24) is 15.2 Å². The first-order chi connectivity index (χ1) is 16.3. The number of carbonyl (C=O) groups excluding carboxylic acids is 1. The predicted molar refractivity (Wildman–Crippen MR) is 135 cm³/mol. The lowest BCUT2D eigenvalue weighted by molar-refractivity contribution is -0.114. The van der Waals surface area contributed by atoms with Gasteiger partial charge in [-0.1, -0.05) is 46.9 Å². The molecule has 1 aliphatic heterocycles. The van der Waals surface area contributed by atoms with Crippen molar-refractivity contribution < 1.29 is 4.79 Å². The van der Waals surface area contributed by atoms with Gasteiger partial charge in [-0.3, -0.25) is 19.8 Å². The SMILES string of the molecule is CC1=C(C(N)=O)C(c2ccc(Cl)cc2)N=C(c2ccnc(Cl)c2)N1c1ccc2n[nH]c(Cl)c2c1. The number of aliphatic imine (C=N–C) groups is 1. The van der Waals surface area contributed by atoms with Gasteiger partial charge in [-0.2, -0.15) is 5.10 Å². The van der Waals surface area contributed by atoms with Crippen molar-refractivity contribution in [2.75, 3.05) is 4.90 Å². The smallest absolute Gasteiger partial charge is 0.248 e. The fourth-order valence-electron chi connectivity index (χ4n) is 4.09. The molecule has 1 amide bonds. The number of halogens is 3. The summed E-state index contributed by atoms with van der Waals surface area (Å²) in [5.74, 6) is 0.00569. The van der Waals surface area contributed by atoms with Crippen LogP contribution in [-0.2, 0) is 4.79 Å². The molecule has 0 bridgehead atoms. The monoisotopic (exact) mass is 510 g/mol. The third-order valence-electron chi connectivity index (χ3n) is 5.65. The van der Waals surface area contributed by atoms with Crippen LogP contribution in [0.2, 0.25) is 15.3 Å². The summed E-state index contributed by atoms with van der Waals surface area (Å²) < 4.78 is 0. The lowest BCUT2D eigenvalue weighted by Crippen LogP contribution is -2.38. The number of nitrogens with zero attached hydrogens (tertiary/aromatic N) is 4. The van der Waals surface area contributed by atoms with E-state index in [2.05, 4.69) is 15.2 Å². The normalized spacial score (nSPS) is 16.2.